The summed E-state index contributed by atoms with van der Waals surface area (Å²) in [7, 11) is 2.12. The maximum absolute atomic E-state index is 10.4. The minimum atomic E-state index is -0.408. The number of likely N-dealkylation sites (tertiary alicyclic amines) is 1. The first-order valence-corrected chi connectivity index (χ1v) is 4.40. The van der Waals surface area contributed by atoms with Crippen LogP contribution in [-0.2, 0) is 0 Å². The fourth-order valence-corrected chi connectivity index (χ4v) is 1.51. The molecule has 2 amide bonds. The van der Waals surface area contributed by atoms with Gasteiger partial charge in [0.15, 0.2) is 0 Å². The zero-order valence-electron chi connectivity index (χ0n) is 7.55. The molecule has 1 fully saturated rings. The fourth-order valence-electron chi connectivity index (χ4n) is 1.51. The smallest absolute Gasteiger partial charge is 0.312 e. The van der Waals surface area contributed by atoms with Crippen LogP contribution in [0.5, 0.6) is 0 Å². The molecule has 0 bridgehead atoms. The number of hydrogen-bond donors (Lipinski definition) is 2. The molecule has 0 saturated carbocycles. The number of nitrogens with zero attached hydrogens (tertiary/aromatic N) is 1. The van der Waals surface area contributed by atoms with E-state index in [2.05, 4.69) is 17.3 Å². The molecule has 1 saturated heterocycles. The van der Waals surface area contributed by atoms with Gasteiger partial charge in [-0.3, -0.25) is 0 Å². The molecule has 12 heavy (non-hydrogen) atoms. The predicted octanol–water partition coefficient (Wildman–Crippen LogP) is -0.00350. The van der Waals surface area contributed by atoms with Crippen LogP contribution in [-0.4, -0.2) is 37.6 Å². The Bertz CT molecular complexity index is 152. The molecule has 0 spiro atoms. The molecule has 4 nitrogen and oxygen atoms in total. The van der Waals surface area contributed by atoms with Gasteiger partial charge in [-0.2, -0.15) is 0 Å². The molecule has 70 valence electrons. The van der Waals surface area contributed by atoms with Crippen LogP contribution in [0.25, 0.3) is 0 Å². The highest BCUT2D eigenvalue weighted by Crippen LogP contribution is 2.14. The van der Waals surface area contributed by atoms with Gasteiger partial charge in [-0.05, 0) is 38.9 Å². The van der Waals surface area contributed by atoms with Crippen LogP contribution in [0.2, 0.25) is 0 Å². The first-order valence-electron chi connectivity index (χ1n) is 4.40. The lowest BCUT2D eigenvalue weighted by molar-refractivity contribution is 0.212. The second-order valence-electron chi connectivity index (χ2n) is 3.49. The Morgan fingerprint density at radius 3 is 2.67 bits per heavy atom. The van der Waals surface area contributed by atoms with Gasteiger partial charge in [0.1, 0.15) is 0 Å². The van der Waals surface area contributed by atoms with Gasteiger partial charge in [-0.25, -0.2) is 4.79 Å². The molecule has 0 atom stereocenters. The third-order valence-corrected chi connectivity index (χ3v) is 2.40. The molecule has 1 aliphatic rings. The summed E-state index contributed by atoms with van der Waals surface area (Å²) in [4.78, 5) is 12.7. The van der Waals surface area contributed by atoms with Crippen molar-refractivity contribution in [3.63, 3.8) is 0 Å². The molecule has 0 unspecified atom stereocenters. The van der Waals surface area contributed by atoms with E-state index in [4.69, 9.17) is 5.73 Å². The third-order valence-electron chi connectivity index (χ3n) is 2.40. The van der Waals surface area contributed by atoms with Crippen molar-refractivity contribution < 1.29 is 4.79 Å². The fraction of sp³-hybridized carbons (Fsp3) is 0.875. The average Bonchev–Trinajstić information content (AvgIpc) is 2.03. The van der Waals surface area contributed by atoms with Crippen molar-refractivity contribution in [3.8, 4) is 0 Å². The number of nitrogens with one attached hydrogen (secondary N) is 1. The molecule has 0 radical (unpaired) electrons. The number of carbonyl (C=O) groups excluding carboxylic acids is 1. The van der Waals surface area contributed by atoms with E-state index in [1.165, 1.54) is 0 Å². The molecule has 0 aromatic heterocycles. The van der Waals surface area contributed by atoms with E-state index in [1.54, 1.807) is 0 Å². The second-order valence-corrected chi connectivity index (χ2v) is 3.49. The van der Waals surface area contributed by atoms with Crippen molar-refractivity contribution in [2.75, 3.05) is 26.7 Å². The van der Waals surface area contributed by atoms with E-state index >= 15 is 0 Å². The number of primary amides is 1. The van der Waals surface area contributed by atoms with E-state index in [0.29, 0.717) is 5.92 Å². The Kier molecular flexibility index (Phi) is 3.34. The zero-order valence-corrected chi connectivity index (χ0v) is 7.55. The first kappa shape index (κ1) is 9.32. The van der Waals surface area contributed by atoms with E-state index in [0.717, 1.165) is 32.5 Å². The summed E-state index contributed by atoms with van der Waals surface area (Å²) in [6.45, 7) is 3.00. The quantitative estimate of drug-likeness (QED) is 0.614. The molecule has 1 rings (SSSR count). The van der Waals surface area contributed by atoms with Gasteiger partial charge in [-0.1, -0.05) is 0 Å². The number of hydrogen-bond acceptors (Lipinski definition) is 2. The molecule has 4 heteroatoms. The summed E-state index contributed by atoms with van der Waals surface area (Å²) in [5.41, 5.74) is 4.98. The summed E-state index contributed by atoms with van der Waals surface area (Å²) in [5.74, 6) is 0.619. The van der Waals surface area contributed by atoms with Gasteiger partial charge in [0.05, 0.1) is 0 Å². The SMILES string of the molecule is CN1CCC(CNC(N)=O)CC1. The topological polar surface area (TPSA) is 58.4 Å². The van der Waals surface area contributed by atoms with E-state index < -0.39 is 6.03 Å². The highest BCUT2D eigenvalue weighted by Gasteiger charge is 2.16. The van der Waals surface area contributed by atoms with E-state index in [-0.39, 0.29) is 0 Å². The number of urea groups is 1. The maximum atomic E-state index is 10.4. The number of carbonyl (C=O) groups is 1. The molecule has 3 N–H and O–H groups in total. The van der Waals surface area contributed by atoms with Gasteiger partial charge >= 0.3 is 6.03 Å². The Balaban J connectivity index is 2.13. The Morgan fingerprint density at radius 1 is 1.58 bits per heavy atom. The highest BCUT2D eigenvalue weighted by molar-refractivity contribution is 5.71. The van der Waals surface area contributed by atoms with E-state index in [9.17, 15) is 4.79 Å². The number of nitrogens with two attached hydrogens (primary N) is 1. The first-order chi connectivity index (χ1) is 5.68. The normalized spacial score (nSPS) is 20.8. The monoisotopic (exact) mass is 171 g/mol. The van der Waals surface area contributed by atoms with Crippen LogP contribution in [0, 0.1) is 5.92 Å². The van der Waals surface area contributed by atoms with Crippen LogP contribution in [0.4, 0.5) is 4.79 Å². The largest absolute Gasteiger partial charge is 0.352 e. The average molecular weight is 171 g/mol. The van der Waals surface area contributed by atoms with Crippen LogP contribution in [0.1, 0.15) is 12.8 Å². The van der Waals surface area contributed by atoms with E-state index in [1.807, 2.05) is 0 Å². The summed E-state index contributed by atoms with van der Waals surface area (Å²) in [6.07, 6.45) is 2.33. The Morgan fingerprint density at radius 2 is 2.17 bits per heavy atom. The highest BCUT2D eigenvalue weighted by atomic mass is 16.2. The van der Waals surface area contributed by atoms with Crippen LogP contribution in [0.15, 0.2) is 0 Å². The lowest BCUT2D eigenvalue weighted by Crippen LogP contribution is -2.38. The van der Waals surface area contributed by atoms with Crippen LogP contribution in [0.3, 0.4) is 0 Å². The number of rotatable bonds is 2. The van der Waals surface area contributed by atoms with Gasteiger partial charge in [-0.15, -0.1) is 0 Å². The zero-order chi connectivity index (χ0) is 8.97. The van der Waals surface area contributed by atoms with Crippen molar-refractivity contribution in [1.82, 2.24) is 10.2 Å². The summed E-state index contributed by atoms with van der Waals surface area (Å²) in [6, 6.07) is -0.408. The summed E-state index contributed by atoms with van der Waals surface area (Å²) >= 11 is 0. The molecule has 1 aliphatic heterocycles. The minimum Gasteiger partial charge on any atom is -0.352 e. The Hall–Kier alpha value is -0.770. The summed E-state index contributed by atoms with van der Waals surface area (Å²) < 4.78 is 0. The van der Waals surface area contributed by atoms with Crippen molar-refractivity contribution in [2.45, 2.75) is 12.8 Å². The van der Waals surface area contributed by atoms with Crippen molar-refractivity contribution in [3.05, 3.63) is 0 Å². The number of amides is 2. The van der Waals surface area contributed by atoms with Crippen LogP contribution >= 0.6 is 0 Å². The van der Waals surface area contributed by atoms with Gasteiger partial charge < -0.3 is 16.0 Å². The lowest BCUT2D eigenvalue weighted by Gasteiger charge is -2.28. The molecule has 1 heterocycles. The lowest BCUT2D eigenvalue weighted by atomic mass is 9.97. The second kappa shape index (κ2) is 4.30. The number of piperidine rings is 1. The van der Waals surface area contributed by atoms with Gasteiger partial charge in [0.25, 0.3) is 0 Å². The van der Waals surface area contributed by atoms with Crippen LogP contribution < -0.4 is 11.1 Å². The summed E-state index contributed by atoms with van der Waals surface area (Å²) in [5, 5.41) is 2.65. The van der Waals surface area contributed by atoms with Gasteiger partial charge in [0, 0.05) is 6.54 Å². The van der Waals surface area contributed by atoms with Crippen molar-refractivity contribution in [1.29, 1.82) is 0 Å². The van der Waals surface area contributed by atoms with Crippen molar-refractivity contribution >= 4 is 6.03 Å². The molecule has 0 aromatic rings. The third kappa shape index (κ3) is 3.09. The van der Waals surface area contributed by atoms with Gasteiger partial charge in [0.2, 0.25) is 0 Å². The maximum Gasteiger partial charge on any atom is 0.312 e. The minimum absolute atomic E-state index is 0.408. The molecular weight excluding hydrogens is 154 g/mol. The predicted molar refractivity (Wildman–Crippen MR) is 47.8 cm³/mol. The molecule has 0 aliphatic carbocycles. The van der Waals surface area contributed by atoms with Crippen molar-refractivity contribution in [2.24, 2.45) is 11.7 Å². The Labute approximate surface area is 73.1 Å². The standard InChI is InChI=1S/C8H17N3O/c1-11-4-2-7(3-5-11)6-10-8(9)12/h7H,2-6H2,1H3,(H3,9,10,12). The molecular formula is C8H17N3O. The molecule has 0 aromatic carbocycles.